The lowest BCUT2D eigenvalue weighted by Gasteiger charge is -2.16. The molecule has 0 atom stereocenters. The fourth-order valence-electron chi connectivity index (χ4n) is 1.89. The standard InChI is InChI=1S/C11H15N3O4S5/c1-3-13-8(15)7(21-11(13)19)9-14(12-10(20-2)22-9)5-4-6-23(16,17)18/h3-6H2,1-2H3,(H,16,17,18). The molecular weight excluding hydrogens is 398 g/mol. The summed E-state index contributed by atoms with van der Waals surface area (Å²) in [6, 6.07) is 0. The van der Waals surface area contributed by atoms with Crippen LogP contribution >= 0.6 is 47.5 Å². The lowest BCUT2D eigenvalue weighted by Crippen LogP contribution is -2.28. The largest absolute Gasteiger partial charge is 0.293 e. The van der Waals surface area contributed by atoms with Gasteiger partial charge in [0.05, 0.1) is 5.75 Å². The molecule has 1 N–H and O–H groups in total. The van der Waals surface area contributed by atoms with Crippen molar-refractivity contribution in [2.24, 2.45) is 5.10 Å². The van der Waals surface area contributed by atoms with E-state index in [1.165, 1.54) is 40.2 Å². The number of thiocarbonyl (C=S) groups is 1. The molecule has 0 aromatic carbocycles. The number of rotatable bonds is 5. The van der Waals surface area contributed by atoms with E-state index < -0.39 is 10.1 Å². The molecule has 2 heterocycles. The van der Waals surface area contributed by atoms with Gasteiger partial charge in [0.15, 0.2) is 4.38 Å². The SMILES string of the molecule is CCN1C(=O)C(=C2SC(SC)=NN2CCCS(=O)(=O)O)SC1=S. The van der Waals surface area contributed by atoms with E-state index in [1.807, 2.05) is 13.2 Å². The van der Waals surface area contributed by atoms with Crippen molar-refractivity contribution in [2.75, 3.05) is 25.1 Å². The van der Waals surface area contributed by atoms with Gasteiger partial charge in [-0.3, -0.25) is 19.3 Å². The molecule has 2 rings (SSSR count). The van der Waals surface area contributed by atoms with E-state index in [0.717, 1.165) is 4.38 Å². The van der Waals surface area contributed by atoms with Gasteiger partial charge in [0, 0.05) is 13.1 Å². The van der Waals surface area contributed by atoms with E-state index in [1.54, 1.807) is 5.01 Å². The van der Waals surface area contributed by atoms with Crippen LogP contribution in [0.25, 0.3) is 0 Å². The van der Waals surface area contributed by atoms with Crippen LogP contribution in [0.15, 0.2) is 15.0 Å². The monoisotopic (exact) mass is 413 g/mol. The van der Waals surface area contributed by atoms with Crippen molar-refractivity contribution in [2.45, 2.75) is 13.3 Å². The van der Waals surface area contributed by atoms with Gasteiger partial charge in [-0.05, 0) is 31.4 Å². The minimum absolute atomic E-state index is 0.151. The molecule has 0 aromatic heterocycles. The second kappa shape index (κ2) is 7.74. The van der Waals surface area contributed by atoms with Gasteiger partial charge < -0.3 is 0 Å². The maximum atomic E-state index is 12.4. The Morgan fingerprint density at radius 2 is 2.09 bits per heavy atom. The summed E-state index contributed by atoms with van der Waals surface area (Å²) in [6.45, 7) is 2.65. The molecule has 1 fully saturated rings. The lowest BCUT2D eigenvalue weighted by atomic mass is 10.4. The topological polar surface area (TPSA) is 90.3 Å². The Balaban J connectivity index is 2.21. The van der Waals surface area contributed by atoms with Gasteiger partial charge in [-0.2, -0.15) is 13.5 Å². The number of amides is 1. The predicted octanol–water partition coefficient (Wildman–Crippen LogP) is 2.00. The van der Waals surface area contributed by atoms with Crippen molar-refractivity contribution in [1.82, 2.24) is 9.91 Å². The maximum Gasteiger partial charge on any atom is 0.268 e. The highest BCUT2D eigenvalue weighted by Crippen LogP contribution is 2.43. The van der Waals surface area contributed by atoms with Crippen LogP contribution < -0.4 is 0 Å². The number of carbonyl (C=O) groups excluding carboxylic acids is 1. The van der Waals surface area contributed by atoms with Crippen molar-refractivity contribution in [1.29, 1.82) is 0 Å². The van der Waals surface area contributed by atoms with E-state index >= 15 is 0 Å². The third-order valence-electron chi connectivity index (χ3n) is 2.93. The number of hydrogen-bond acceptors (Lipinski definition) is 9. The number of nitrogens with zero attached hydrogens (tertiary/aromatic N) is 3. The maximum absolute atomic E-state index is 12.4. The summed E-state index contributed by atoms with van der Waals surface area (Å²) < 4.78 is 31.8. The quantitative estimate of drug-likeness (QED) is 0.413. The molecule has 1 amide bonds. The highest BCUT2D eigenvalue weighted by atomic mass is 32.2. The first kappa shape index (κ1) is 19.1. The lowest BCUT2D eigenvalue weighted by molar-refractivity contribution is -0.122. The van der Waals surface area contributed by atoms with Gasteiger partial charge in [0.25, 0.3) is 16.0 Å². The van der Waals surface area contributed by atoms with Gasteiger partial charge in [0.1, 0.15) is 14.3 Å². The average molecular weight is 414 g/mol. The fraction of sp³-hybridized carbons (Fsp3) is 0.545. The highest BCUT2D eigenvalue weighted by molar-refractivity contribution is 8.40. The van der Waals surface area contributed by atoms with Crippen LogP contribution in [0.4, 0.5) is 0 Å². The Hall–Kier alpha value is -0.270. The number of thioether (sulfide) groups is 3. The summed E-state index contributed by atoms with van der Waals surface area (Å²) in [6.07, 6.45) is 2.09. The summed E-state index contributed by atoms with van der Waals surface area (Å²) in [5, 5.41) is 6.66. The van der Waals surface area contributed by atoms with E-state index in [0.29, 0.717) is 27.3 Å². The van der Waals surface area contributed by atoms with Crippen LogP contribution in [0.1, 0.15) is 13.3 Å². The zero-order valence-electron chi connectivity index (χ0n) is 12.4. The number of likely N-dealkylation sites (N-methyl/N-ethyl adjacent to an activating group) is 1. The Kier molecular flexibility index (Phi) is 6.42. The Morgan fingerprint density at radius 3 is 2.61 bits per heavy atom. The normalized spacial score (nSPS) is 22.3. The third-order valence-corrected chi connectivity index (χ3v) is 7.34. The van der Waals surface area contributed by atoms with Crippen LogP contribution in [0.5, 0.6) is 0 Å². The van der Waals surface area contributed by atoms with Gasteiger partial charge in [-0.15, -0.1) is 11.8 Å². The Morgan fingerprint density at radius 1 is 1.39 bits per heavy atom. The average Bonchev–Trinajstić information content (AvgIpc) is 2.98. The second-order valence-electron chi connectivity index (χ2n) is 4.49. The summed E-state index contributed by atoms with van der Waals surface area (Å²) in [5.74, 6) is -0.496. The molecule has 23 heavy (non-hydrogen) atoms. The molecule has 12 heteroatoms. The summed E-state index contributed by atoms with van der Waals surface area (Å²) in [7, 11) is -4.01. The van der Waals surface area contributed by atoms with Crippen molar-refractivity contribution in [3.05, 3.63) is 9.93 Å². The molecule has 0 unspecified atom stereocenters. The van der Waals surface area contributed by atoms with Gasteiger partial charge in [0.2, 0.25) is 0 Å². The predicted molar refractivity (Wildman–Crippen MR) is 101 cm³/mol. The zero-order valence-corrected chi connectivity index (χ0v) is 16.5. The summed E-state index contributed by atoms with van der Waals surface area (Å²) >= 11 is 9.27. The van der Waals surface area contributed by atoms with Crippen molar-refractivity contribution in [3.8, 4) is 0 Å². The molecule has 128 valence electrons. The molecule has 0 spiro atoms. The molecule has 2 aliphatic rings. The van der Waals surface area contributed by atoms with Crippen molar-refractivity contribution < 1.29 is 17.8 Å². The first-order chi connectivity index (χ1) is 10.8. The molecule has 7 nitrogen and oxygen atoms in total. The second-order valence-corrected chi connectivity index (χ2v) is 9.73. The summed E-state index contributed by atoms with van der Waals surface area (Å²) in [4.78, 5) is 14.5. The van der Waals surface area contributed by atoms with Gasteiger partial charge in [-0.1, -0.05) is 24.0 Å². The van der Waals surface area contributed by atoms with Crippen LogP contribution in [-0.2, 0) is 14.9 Å². The minimum Gasteiger partial charge on any atom is -0.293 e. The smallest absolute Gasteiger partial charge is 0.268 e. The highest BCUT2D eigenvalue weighted by Gasteiger charge is 2.37. The number of carbonyl (C=O) groups is 1. The molecule has 2 aliphatic heterocycles. The van der Waals surface area contributed by atoms with Crippen molar-refractivity contribution >= 4 is 72.2 Å². The van der Waals surface area contributed by atoms with E-state index in [9.17, 15) is 13.2 Å². The Labute approximate surface area is 153 Å². The number of hydrazone groups is 1. The number of hydrogen-bond donors (Lipinski definition) is 1. The van der Waals surface area contributed by atoms with Crippen LogP contribution in [-0.4, -0.2) is 62.6 Å². The van der Waals surface area contributed by atoms with Crippen LogP contribution in [0, 0.1) is 0 Å². The summed E-state index contributed by atoms with van der Waals surface area (Å²) in [5.41, 5.74) is 0. The first-order valence-electron chi connectivity index (χ1n) is 6.58. The molecule has 0 bridgehead atoms. The third kappa shape index (κ3) is 4.63. The molecule has 0 radical (unpaired) electrons. The molecule has 0 saturated carbocycles. The van der Waals surface area contributed by atoms with Crippen molar-refractivity contribution in [3.63, 3.8) is 0 Å². The van der Waals surface area contributed by atoms with E-state index in [4.69, 9.17) is 16.8 Å². The first-order valence-corrected chi connectivity index (χ1v) is 11.5. The van der Waals surface area contributed by atoms with E-state index in [2.05, 4.69) is 5.10 Å². The fourth-order valence-corrected chi connectivity index (χ4v) is 5.46. The van der Waals surface area contributed by atoms with Crippen LogP contribution in [0.2, 0.25) is 0 Å². The molecule has 1 saturated heterocycles. The molecular formula is C11H15N3O4S5. The zero-order chi connectivity index (χ0) is 17.2. The van der Waals surface area contributed by atoms with E-state index in [-0.39, 0.29) is 18.1 Å². The van der Waals surface area contributed by atoms with Crippen LogP contribution in [0.3, 0.4) is 0 Å². The molecule has 0 aromatic rings. The Bertz CT molecular complexity index is 688. The molecule has 0 aliphatic carbocycles. The van der Waals surface area contributed by atoms with Gasteiger partial charge >= 0.3 is 0 Å². The minimum atomic E-state index is -4.01. The van der Waals surface area contributed by atoms with Gasteiger partial charge in [-0.25, -0.2) is 0 Å².